The summed E-state index contributed by atoms with van der Waals surface area (Å²) in [6.07, 6.45) is 1.47. The average molecular weight is 205 g/mol. The number of hydrazone groups is 1. The van der Waals surface area contributed by atoms with Gasteiger partial charge in [0, 0.05) is 5.56 Å². The van der Waals surface area contributed by atoms with Crippen molar-refractivity contribution in [2.45, 2.75) is 0 Å². The van der Waals surface area contributed by atoms with Gasteiger partial charge in [0.2, 0.25) is 0 Å². The third kappa shape index (κ3) is 3.06. The van der Waals surface area contributed by atoms with Crippen LogP contribution in [0.4, 0.5) is 0 Å². The molecule has 14 heavy (non-hydrogen) atoms. The van der Waals surface area contributed by atoms with E-state index in [1.165, 1.54) is 6.21 Å². The summed E-state index contributed by atoms with van der Waals surface area (Å²) in [5, 5.41) is 3.85. The number of hydrogen-bond donors (Lipinski definition) is 2. The minimum absolute atomic E-state index is 0.420. The molecule has 0 aromatic heterocycles. The van der Waals surface area contributed by atoms with Crippen LogP contribution in [0.25, 0.3) is 0 Å². The van der Waals surface area contributed by atoms with Crippen molar-refractivity contribution in [3.8, 4) is 0 Å². The van der Waals surface area contributed by atoms with Crippen molar-refractivity contribution in [2.75, 3.05) is 0 Å². The standard InChI is InChI=1S/C10H11N3S/c1-8(14)13-10(7-12-11)9-5-3-2-4-6-9/h2-7,14H,1,11H2/b12-7-,13-10+. The first-order valence-corrected chi connectivity index (χ1v) is 4.44. The average Bonchev–Trinajstić information content (AvgIpc) is 2.18. The van der Waals surface area contributed by atoms with Crippen molar-refractivity contribution in [3.63, 3.8) is 0 Å². The van der Waals surface area contributed by atoms with Crippen LogP contribution in [0.15, 0.2) is 52.0 Å². The van der Waals surface area contributed by atoms with E-state index in [4.69, 9.17) is 5.84 Å². The Labute approximate surface area is 88.5 Å². The molecule has 0 atom stereocenters. The Morgan fingerprint density at radius 3 is 2.50 bits per heavy atom. The Morgan fingerprint density at radius 2 is 2.00 bits per heavy atom. The predicted molar refractivity (Wildman–Crippen MR) is 63.8 cm³/mol. The van der Waals surface area contributed by atoms with Crippen molar-refractivity contribution in [1.82, 2.24) is 0 Å². The van der Waals surface area contributed by atoms with Crippen molar-refractivity contribution in [2.24, 2.45) is 15.9 Å². The minimum Gasteiger partial charge on any atom is -0.323 e. The molecule has 2 N–H and O–H groups in total. The first-order valence-electron chi connectivity index (χ1n) is 3.99. The van der Waals surface area contributed by atoms with Crippen LogP contribution in [-0.4, -0.2) is 11.9 Å². The Balaban J connectivity index is 3.07. The summed E-state index contributed by atoms with van der Waals surface area (Å²) in [6.45, 7) is 3.58. The summed E-state index contributed by atoms with van der Waals surface area (Å²) in [4.78, 5) is 4.09. The van der Waals surface area contributed by atoms with E-state index in [2.05, 4.69) is 29.3 Å². The van der Waals surface area contributed by atoms with Crippen molar-refractivity contribution < 1.29 is 0 Å². The highest BCUT2D eigenvalue weighted by atomic mass is 32.1. The van der Waals surface area contributed by atoms with Crippen LogP contribution in [0.1, 0.15) is 5.56 Å². The quantitative estimate of drug-likeness (QED) is 0.336. The van der Waals surface area contributed by atoms with E-state index in [0.29, 0.717) is 10.7 Å². The summed E-state index contributed by atoms with van der Waals surface area (Å²) >= 11 is 4.00. The van der Waals surface area contributed by atoms with E-state index >= 15 is 0 Å². The number of aliphatic imine (C=N–C) groups is 1. The molecular formula is C10H11N3S. The largest absolute Gasteiger partial charge is 0.323 e. The molecule has 0 aliphatic heterocycles. The van der Waals surface area contributed by atoms with Gasteiger partial charge in [0.25, 0.3) is 0 Å². The number of benzene rings is 1. The maximum absolute atomic E-state index is 5.08. The normalized spacial score (nSPS) is 11.9. The van der Waals surface area contributed by atoms with E-state index in [9.17, 15) is 0 Å². The molecule has 0 radical (unpaired) electrons. The van der Waals surface area contributed by atoms with Crippen LogP contribution >= 0.6 is 12.6 Å². The molecule has 4 heteroatoms. The molecule has 1 aromatic rings. The summed E-state index contributed by atoms with van der Waals surface area (Å²) < 4.78 is 0. The second-order valence-electron chi connectivity index (χ2n) is 2.56. The molecule has 1 aromatic carbocycles. The van der Waals surface area contributed by atoms with Gasteiger partial charge in [-0.3, -0.25) is 0 Å². The lowest BCUT2D eigenvalue weighted by Crippen LogP contribution is -2.03. The molecule has 0 unspecified atom stereocenters. The molecule has 0 amide bonds. The molecule has 1 rings (SSSR count). The first-order chi connectivity index (χ1) is 6.74. The maximum Gasteiger partial charge on any atom is 0.0915 e. The van der Waals surface area contributed by atoms with Gasteiger partial charge in [-0.25, -0.2) is 4.99 Å². The Kier molecular flexibility index (Phi) is 3.94. The van der Waals surface area contributed by atoms with Gasteiger partial charge >= 0.3 is 0 Å². The van der Waals surface area contributed by atoms with Gasteiger partial charge in [-0.1, -0.05) is 36.9 Å². The number of nitrogens with two attached hydrogens (primary N) is 1. The summed E-state index contributed by atoms with van der Waals surface area (Å²) in [5.41, 5.74) is 1.57. The second-order valence-corrected chi connectivity index (χ2v) is 3.07. The molecule has 0 heterocycles. The molecule has 0 bridgehead atoms. The predicted octanol–water partition coefficient (Wildman–Crippen LogP) is 1.82. The zero-order chi connectivity index (χ0) is 10.4. The third-order valence-electron chi connectivity index (χ3n) is 1.52. The minimum atomic E-state index is 0.420. The number of rotatable bonds is 3. The molecule has 0 aliphatic rings. The van der Waals surface area contributed by atoms with Crippen molar-refractivity contribution in [3.05, 3.63) is 47.5 Å². The second kappa shape index (κ2) is 5.24. The van der Waals surface area contributed by atoms with Gasteiger partial charge in [0.1, 0.15) is 0 Å². The summed E-state index contributed by atoms with van der Waals surface area (Å²) in [6, 6.07) is 9.58. The first kappa shape index (κ1) is 10.5. The van der Waals surface area contributed by atoms with Gasteiger partial charge in [-0.2, -0.15) is 5.10 Å². The fraction of sp³-hybridized carbons (Fsp3) is 0. The van der Waals surface area contributed by atoms with Gasteiger partial charge in [0.05, 0.1) is 17.0 Å². The van der Waals surface area contributed by atoms with E-state index in [-0.39, 0.29) is 0 Å². The highest BCUT2D eigenvalue weighted by Crippen LogP contribution is 2.05. The number of nitrogens with zero attached hydrogens (tertiary/aromatic N) is 2. The van der Waals surface area contributed by atoms with Gasteiger partial charge in [-0.15, -0.1) is 12.6 Å². The lowest BCUT2D eigenvalue weighted by Gasteiger charge is -1.99. The molecule has 0 fully saturated rings. The smallest absolute Gasteiger partial charge is 0.0915 e. The Hall–Kier alpha value is -1.55. The topological polar surface area (TPSA) is 50.7 Å². The highest BCUT2D eigenvalue weighted by molar-refractivity contribution is 7.84. The van der Waals surface area contributed by atoms with Crippen LogP contribution in [0.2, 0.25) is 0 Å². The van der Waals surface area contributed by atoms with Crippen molar-refractivity contribution >= 4 is 24.6 Å². The van der Waals surface area contributed by atoms with E-state index in [1.807, 2.05) is 30.3 Å². The molecule has 72 valence electrons. The lowest BCUT2D eigenvalue weighted by molar-refractivity contribution is 1.27. The van der Waals surface area contributed by atoms with Crippen LogP contribution in [0.5, 0.6) is 0 Å². The maximum atomic E-state index is 5.08. The summed E-state index contributed by atoms with van der Waals surface area (Å²) in [5.74, 6) is 5.08. The molecule has 0 spiro atoms. The Morgan fingerprint density at radius 1 is 1.36 bits per heavy atom. The molecule has 3 nitrogen and oxygen atoms in total. The molecule has 0 saturated heterocycles. The monoisotopic (exact) mass is 205 g/mol. The fourth-order valence-corrected chi connectivity index (χ4v) is 1.09. The van der Waals surface area contributed by atoms with Crippen LogP contribution in [0, 0.1) is 0 Å². The van der Waals surface area contributed by atoms with Gasteiger partial charge < -0.3 is 5.84 Å². The van der Waals surface area contributed by atoms with E-state index in [0.717, 1.165) is 5.56 Å². The SMILES string of the molecule is C=C(S)/N=C(\C=N/N)c1ccccc1. The van der Waals surface area contributed by atoms with Crippen LogP contribution in [0.3, 0.4) is 0 Å². The Bertz CT molecular complexity index is 368. The van der Waals surface area contributed by atoms with Gasteiger partial charge in [0.15, 0.2) is 0 Å². The number of thiol groups is 1. The van der Waals surface area contributed by atoms with Crippen LogP contribution in [-0.2, 0) is 0 Å². The van der Waals surface area contributed by atoms with E-state index < -0.39 is 0 Å². The zero-order valence-corrected chi connectivity index (χ0v) is 8.48. The van der Waals surface area contributed by atoms with E-state index in [1.54, 1.807) is 0 Å². The third-order valence-corrected chi connectivity index (χ3v) is 1.62. The zero-order valence-electron chi connectivity index (χ0n) is 7.59. The lowest BCUT2D eigenvalue weighted by atomic mass is 10.1. The van der Waals surface area contributed by atoms with Gasteiger partial charge in [-0.05, 0) is 0 Å². The van der Waals surface area contributed by atoms with Crippen LogP contribution < -0.4 is 5.84 Å². The summed E-state index contributed by atoms with van der Waals surface area (Å²) in [7, 11) is 0. The molecular weight excluding hydrogens is 194 g/mol. The van der Waals surface area contributed by atoms with Crippen molar-refractivity contribution in [1.29, 1.82) is 0 Å². The molecule has 0 aliphatic carbocycles. The number of hydrogen-bond acceptors (Lipinski definition) is 4. The fourth-order valence-electron chi connectivity index (χ4n) is 0.987. The molecule has 0 saturated carbocycles. The highest BCUT2D eigenvalue weighted by Gasteiger charge is 1.98.